The first kappa shape index (κ1) is 22.6. The van der Waals surface area contributed by atoms with Gasteiger partial charge in [-0.2, -0.15) is 0 Å². The van der Waals surface area contributed by atoms with Gasteiger partial charge in [0.15, 0.2) is 0 Å². The predicted molar refractivity (Wildman–Crippen MR) is 124 cm³/mol. The molecule has 0 heterocycles. The summed E-state index contributed by atoms with van der Waals surface area (Å²) in [4.78, 5) is 10.2. The third-order valence-electron chi connectivity index (χ3n) is 7.66. The number of carboxylic acid groups (broad SMARTS) is 1. The maximum Gasteiger partial charge on any atom is 0.335 e. The summed E-state index contributed by atoms with van der Waals surface area (Å²) >= 11 is 0. The average Bonchev–Trinajstić information content (AvgIpc) is 2.74. The molecule has 0 radical (unpaired) electrons. The van der Waals surface area contributed by atoms with Crippen molar-refractivity contribution < 1.29 is 9.90 Å². The van der Waals surface area contributed by atoms with Crippen molar-refractivity contribution in [2.45, 2.75) is 71.1 Å². The molecule has 3 atom stereocenters. The molecule has 2 aromatic carbocycles. The van der Waals surface area contributed by atoms with E-state index >= 15 is 0 Å². The van der Waals surface area contributed by atoms with E-state index in [0.29, 0.717) is 22.3 Å². The quantitative estimate of drug-likeness (QED) is 0.640. The molecule has 0 aromatic heterocycles. The minimum Gasteiger partial charge on any atom is -0.478 e. The van der Waals surface area contributed by atoms with Crippen molar-refractivity contribution in [2.24, 2.45) is 17.1 Å². The van der Waals surface area contributed by atoms with E-state index in [1.807, 2.05) is 0 Å². The van der Waals surface area contributed by atoms with Crippen LogP contribution in [-0.4, -0.2) is 17.6 Å². The van der Waals surface area contributed by atoms with Crippen molar-refractivity contribution in [1.82, 2.24) is 0 Å². The molecular weight excluding hydrogens is 370 g/mol. The Morgan fingerprint density at radius 2 is 1.83 bits per heavy atom. The molecule has 30 heavy (non-hydrogen) atoms. The third-order valence-corrected chi connectivity index (χ3v) is 7.66. The maximum absolute atomic E-state index is 10.2. The number of nitrogens with two attached hydrogens (primary N) is 1. The van der Waals surface area contributed by atoms with Crippen molar-refractivity contribution in [3.8, 4) is 0 Å². The molecule has 0 unspecified atom stereocenters. The Hall–Kier alpha value is -2.13. The summed E-state index contributed by atoms with van der Waals surface area (Å²) in [6.45, 7) is 10.4. The van der Waals surface area contributed by atoms with E-state index in [4.69, 9.17) is 10.8 Å². The van der Waals surface area contributed by atoms with Crippen LogP contribution in [0.25, 0.3) is 0 Å². The van der Waals surface area contributed by atoms with E-state index in [1.54, 1.807) is 41.5 Å². The van der Waals surface area contributed by atoms with Crippen molar-refractivity contribution in [3.63, 3.8) is 0 Å². The van der Waals surface area contributed by atoms with E-state index in [-0.39, 0.29) is 0 Å². The summed E-state index contributed by atoms with van der Waals surface area (Å²) < 4.78 is 0. The number of carbonyl (C=O) groups is 1. The Bertz CT molecular complexity index is 876. The minimum absolute atomic E-state index is 0.331. The Morgan fingerprint density at radius 1 is 1.13 bits per heavy atom. The summed E-state index contributed by atoms with van der Waals surface area (Å²) in [5.41, 5.74) is 11.9. The van der Waals surface area contributed by atoms with Crippen LogP contribution in [0.3, 0.4) is 0 Å². The predicted octanol–water partition coefficient (Wildman–Crippen LogP) is 6.16. The summed E-state index contributed by atoms with van der Waals surface area (Å²) in [7, 11) is 0. The second-order valence-corrected chi connectivity index (χ2v) is 9.96. The highest BCUT2D eigenvalue weighted by Gasteiger charge is 2.50. The Morgan fingerprint density at radius 3 is 2.40 bits per heavy atom. The molecular formula is C27H37NO2. The largest absolute Gasteiger partial charge is 0.478 e. The first-order valence-corrected chi connectivity index (χ1v) is 11.3. The lowest BCUT2D eigenvalue weighted by atomic mass is 9.50. The lowest BCUT2D eigenvalue weighted by Gasteiger charge is -2.55. The molecule has 0 bridgehead atoms. The normalized spacial score (nSPS) is 27.5. The van der Waals surface area contributed by atoms with Crippen LogP contribution in [0, 0.1) is 11.3 Å². The number of hydrogen-bond acceptors (Lipinski definition) is 2. The zero-order chi connectivity index (χ0) is 21.9. The van der Waals surface area contributed by atoms with Gasteiger partial charge in [-0.25, -0.2) is 4.79 Å². The van der Waals surface area contributed by atoms with Crippen molar-refractivity contribution in [1.29, 1.82) is 0 Å². The van der Waals surface area contributed by atoms with E-state index in [2.05, 4.69) is 45.9 Å². The zero-order valence-corrected chi connectivity index (χ0v) is 18.9. The smallest absolute Gasteiger partial charge is 0.335 e. The zero-order valence-electron chi connectivity index (χ0n) is 18.9. The maximum atomic E-state index is 10.2. The number of benzene rings is 2. The highest BCUT2D eigenvalue weighted by Crippen LogP contribution is 2.56. The summed E-state index contributed by atoms with van der Waals surface area (Å²) in [5, 5.41) is 8.38. The topological polar surface area (TPSA) is 63.3 Å². The fourth-order valence-electron chi connectivity index (χ4n) is 5.83. The van der Waals surface area contributed by atoms with Gasteiger partial charge in [0, 0.05) is 0 Å². The molecule has 1 saturated carbocycles. The highest BCUT2D eigenvalue weighted by atomic mass is 16.4. The fourth-order valence-corrected chi connectivity index (χ4v) is 5.83. The van der Waals surface area contributed by atoms with E-state index < -0.39 is 5.97 Å². The monoisotopic (exact) mass is 407 g/mol. The summed E-state index contributed by atoms with van der Waals surface area (Å²) in [6.07, 6.45) is 6.53. The van der Waals surface area contributed by atoms with E-state index in [0.717, 1.165) is 12.5 Å². The van der Waals surface area contributed by atoms with Gasteiger partial charge in [-0.15, -0.1) is 0 Å². The summed E-state index contributed by atoms with van der Waals surface area (Å²) in [5.74, 6) is 0.498. The van der Waals surface area contributed by atoms with Crippen LogP contribution < -0.4 is 5.73 Å². The average molecular weight is 408 g/mol. The van der Waals surface area contributed by atoms with E-state index in [9.17, 15) is 4.79 Å². The first-order valence-electron chi connectivity index (χ1n) is 11.3. The van der Waals surface area contributed by atoms with Crippen LogP contribution in [0.2, 0.25) is 0 Å². The van der Waals surface area contributed by atoms with Crippen LogP contribution in [0.15, 0.2) is 48.5 Å². The van der Waals surface area contributed by atoms with Crippen LogP contribution in [-0.2, 0) is 11.8 Å². The summed E-state index contributed by atoms with van der Waals surface area (Å²) in [6, 6.07) is 15.6. The Kier molecular flexibility index (Phi) is 6.71. The van der Waals surface area contributed by atoms with Crippen LogP contribution in [0.1, 0.15) is 86.3 Å². The van der Waals surface area contributed by atoms with Gasteiger partial charge in [0.05, 0.1) is 5.56 Å². The molecule has 4 rings (SSSR count). The molecule has 0 spiro atoms. The van der Waals surface area contributed by atoms with Crippen molar-refractivity contribution in [2.75, 3.05) is 6.54 Å². The molecule has 1 fully saturated rings. The van der Waals surface area contributed by atoms with Gasteiger partial charge in [-0.3, -0.25) is 0 Å². The van der Waals surface area contributed by atoms with E-state index in [1.165, 1.54) is 37.7 Å². The molecule has 3 nitrogen and oxygen atoms in total. The van der Waals surface area contributed by atoms with Crippen LogP contribution in [0.4, 0.5) is 0 Å². The van der Waals surface area contributed by atoms with Crippen molar-refractivity contribution >= 4 is 5.97 Å². The molecule has 2 aliphatic rings. The fraction of sp³-hybridized carbons (Fsp3) is 0.519. The second-order valence-electron chi connectivity index (χ2n) is 9.96. The minimum atomic E-state index is -0.879. The van der Waals surface area contributed by atoms with Crippen LogP contribution in [0.5, 0.6) is 0 Å². The number of fused-ring (bicyclic) bond motifs is 3. The molecule has 2 aliphatic carbocycles. The van der Waals surface area contributed by atoms with Gasteiger partial charge in [0.25, 0.3) is 0 Å². The molecule has 162 valence electrons. The number of carboxylic acids is 1. The lowest BCUT2D eigenvalue weighted by molar-refractivity contribution is 0.0326. The van der Waals surface area contributed by atoms with Crippen LogP contribution >= 0.6 is 0 Å². The van der Waals surface area contributed by atoms with Gasteiger partial charge in [0.2, 0.25) is 0 Å². The van der Waals surface area contributed by atoms with Gasteiger partial charge >= 0.3 is 5.97 Å². The number of rotatable bonds is 3. The van der Waals surface area contributed by atoms with Gasteiger partial charge < -0.3 is 10.8 Å². The molecule has 0 amide bonds. The number of aryl methyl sites for hydroxylation is 1. The van der Waals surface area contributed by atoms with Crippen molar-refractivity contribution in [3.05, 3.63) is 70.8 Å². The lowest BCUT2D eigenvalue weighted by Crippen LogP contribution is -2.51. The highest BCUT2D eigenvalue weighted by molar-refractivity contribution is 5.87. The second kappa shape index (κ2) is 8.93. The van der Waals surface area contributed by atoms with Gasteiger partial charge in [-0.1, -0.05) is 70.5 Å². The standard InChI is InChI=1S/C20H31N.C7H6O2/c1-14(2)15-6-8-17-16(12-15)7-9-18-19(3,13-21)10-5-11-20(17,18)4;8-7(9)6-4-2-1-3-5-6/h6,8,12,14,18H,5,7,9-11,13,21H2,1-4H3;1-5H,(H,8,9)/t18-,19-,20+;/m0./s1. The van der Waals surface area contributed by atoms with Gasteiger partial charge in [0.1, 0.15) is 0 Å². The molecule has 2 aromatic rings. The molecule has 3 N–H and O–H groups in total. The SMILES string of the molecule is CC(C)c1ccc2c(c1)CC[C@H]1[C@](C)(CN)CCC[C@]21C.O=C(O)c1ccccc1. The Balaban J connectivity index is 0.000000239. The van der Waals surface area contributed by atoms with Gasteiger partial charge in [-0.05, 0) is 83.7 Å². The first-order chi connectivity index (χ1) is 14.2. The molecule has 0 saturated heterocycles. The Labute approximate surface area is 181 Å². The molecule has 3 heteroatoms. The third kappa shape index (κ3) is 4.32. The number of hydrogen-bond donors (Lipinski definition) is 2. The molecule has 0 aliphatic heterocycles. The number of aromatic carboxylic acids is 1.